The quantitative estimate of drug-likeness (QED) is 0.474. The summed E-state index contributed by atoms with van der Waals surface area (Å²) in [5, 5.41) is 5.98. The highest BCUT2D eigenvalue weighted by atomic mass is 79.9. The van der Waals surface area contributed by atoms with E-state index in [9.17, 15) is 4.79 Å². The summed E-state index contributed by atoms with van der Waals surface area (Å²) in [6.07, 6.45) is 3.54. The fourth-order valence-corrected chi connectivity index (χ4v) is 3.41. The molecule has 0 atom stereocenters. The third kappa shape index (κ3) is 3.87. The number of rotatable bonds is 5. The van der Waals surface area contributed by atoms with Gasteiger partial charge in [-0.2, -0.15) is 5.10 Å². The zero-order valence-electron chi connectivity index (χ0n) is 16.0. The highest BCUT2D eigenvalue weighted by Gasteiger charge is 2.35. The van der Waals surface area contributed by atoms with E-state index in [1.807, 2.05) is 61.5 Å². The molecule has 3 rings (SSSR count). The Balaban J connectivity index is 2.19. The Hall–Kier alpha value is -2.86. The zero-order valence-corrected chi connectivity index (χ0v) is 17.6. The van der Waals surface area contributed by atoms with E-state index < -0.39 is 5.97 Å². The summed E-state index contributed by atoms with van der Waals surface area (Å²) < 4.78 is 12.1. The molecule has 0 saturated carbocycles. The zero-order chi connectivity index (χ0) is 20.1. The first kappa shape index (κ1) is 19.9. The topological polar surface area (TPSA) is 51.1 Å². The number of carbonyl (C=O) groups excluding carboxylic acids is 1. The summed E-state index contributed by atoms with van der Waals surface area (Å²) >= 11 is 3.53. The predicted octanol–water partition coefficient (Wildman–Crippen LogP) is 5.19. The molecule has 0 saturated heterocycles. The van der Waals surface area contributed by atoms with Gasteiger partial charge < -0.3 is 9.47 Å². The van der Waals surface area contributed by atoms with Crippen LogP contribution in [0.5, 0.6) is 0 Å². The second-order valence-corrected chi connectivity index (χ2v) is 6.91. The summed E-state index contributed by atoms with van der Waals surface area (Å²) in [5.41, 5.74) is 3.76. The van der Waals surface area contributed by atoms with Crippen molar-refractivity contribution >= 4 is 39.6 Å². The van der Waals surface area contributed by atoms with Crippen molar-refractivity contribution in [1.82, 2.24) is 5.01 Å². The van der Waals surface area contributed by atoms with E-state index in [0.29, 0.717) is 12.4 Å². The number of hydrogen-bond acceptors (Lipinski definition) is 5. The first-order valence-electron chi connectivity index (χ1n) is 8.85. The first-order valence-corrected chi connectivity index (χ1v) is 9.64. The fraction of sp³-hybridized carbons (Fsp3) is 0.182. The fourth-order valence-electron chi connectivity index (χ4n) is 3.05. The summed E-state index contributed by atoms with van der Waals surface area (Å²) in [6, 6.07) is 15.6. The van der Waals surface area contributed by atoms with Crippen molar-refractivity contribution in [3.8, 4) is 0 Å². The number of methoxy groups -OCH3 is 1. The van der Waals surface area contributed by atoms with Crippen LogP contribution in [0.4, 0.5) is 0 Å². The Morgan fingerprint density at radius 3 is 2.54 bits per heavy atom. The Bertz CT molecular complexity index is 965. The molecule has 0 amide bonds. The summed E-state index contributed by atoms with van der Waals surface area (Å²) in [5.74, 6) is -0.0732. The molecule has 1 aliphatic heterocycles. The third-order valence-corrected chi connectivity index (χ3v) is 4.76. The average molecular weight is 441 g/mol. The van der Waals surface area contributed by atoms with Crippen LogP contribution in [0.2, 0.25) is 0 Å². The molecule has 0 aromatic heterocycles. The van der Waals surface area contributed by atoms with Crippen LogP contribution in [0.1, 0.15) is 30.5 Å². The molecular formula is C22H21BrN2O3. The van der Waals surface area contributed by atoms with Crippen molar-refractivity contribution in [1.29, 1.82) is 0 Å². The predicted molar refractivity (Wildman–Crippen MR) is 114 cm³/mol. The molecule has 0 unspecified atom stereocenters. The minimum Gasteiger partial charge on any atom is -0.486 e. The summed E-state index contributed by atoms with van der Waals surface area (Å²) in [6.45, 7) is 4.02. The lowest BCUT2D eigenvalue weighted by Crippen LogP contribution is -2.29. The van der Waals surface area contributed by atoms with E-state index in [0.717, 1.165) is 26.9 Å². The number of esters is 1. The van der Waals surface area contributed by atoms with Gasteiger partial charge >= 0.3 is 5.97 Å². The van der Waals surface area contributed by atoms with Crippen molar-refractivity contribution in [2.75, 3.05) is 7.11 Å². The maximum atomic E-state index is 12.7. The van der Waals surface area contributed by atoms with Gasteiger partial charge in [0.15, 0.2) is 11.5 Å². The van der Waals surface area contributed by atoms with E-state index in [-0.39, 0.29) is 5.70 Å². The minimum atomic E-state index is -0.512. The lowest BCUT2D eigenvalue weighted by Gasteiger charge is -2.32. The van der Waals surface area contributed by atoms with Crippen molar-refractivity contribution in [2.24, 2.45) is 5.10 Å². The smallest absolute Gasteiger partial charge is 0.360 e. The highest BCUT2D eigenvalue weighted by Crippen LogP contribution is 2.41. The van der Waals surface area contributed by atoms with E-state index >= 15 is 0 Å². The summed E-state index contributed by atoms with van der Waals surface area (Å²) in [7, 11) is 1.35. The Labute approximate surface area is 173 Å². The number of nitrogens with zero attached hydrogens (tertiary/aromatic N) is 2. The van der Waals surface area contributed by atoms with Crippen LogP contribution in [0.15, 0.2) is 69.9 Å². The van der Waals surface area contributed by atoms with Gasteiger partial charge in [0.05, 0.1) is 12.8 Å². The number of fused-ring (bicyclic) bond motifs is 1. The Kier molecular flexibility index (Phi) is 6.31. The standard InChI is InChI=1S/C22H21BrN2O3/c1-4-19-18-13-16(23)11-12-17(18)21(28-14-15-9-7-6-8-10-15)20(22(26)27-3)25(19)24-5-2/h4-13H,14H2,1-3H3/b19-4+,24-5-. The molecule has 1 aliphatic rings. The Morgan fingerprint density at radius 1 is 1.14 bits per heavy atom. The van der Waals surface area contributed by atoms with Gasteiger partial charge in [0, 0.05) is 21.8 Å². The van der Waals surface area contributed by atoms with Crippen LogP contribution in [0.25, 0.3) is 11.5 Å². The van der Waals surface area contributed by atoms with Crippen LogP contribution in [0, 0.1) is 0 Å². The van der Waals surface area contributed by atoms with Crippen LogP contribution in [0.3, 0.4) is 0 Å². The van der Waals surface area contributed by atoms with Crippen molar-refractivity contribution in [2.45, 2.75) is 20.5 Å². The molecule has 144 valence electrons. The van der Waals surface area contributed by atoms with Gasteiger partial charge in [-0.15, -0.1) is 0 Å². The molecule has 0 aliphatic carbocycles. The second-order valence-electron chi connectivity index (χ2n) is 5.99. The van der Waals surface area contributed by atoms with Gasteiger partial charge in [0.1, 0.15) is 6.61 Å². The molecule has 0 fully saturated rings. The van der Waals surface area contributed by atoms with E-state index in [4.69, 9.17) is 9.47 Å². The second kappa shape index (κ2) is 8.89. The molecule has 2 aromatic rings. The molecule has 28 heavy (non-hydrogen) atoms. The third-order valence-electron chi connectivity index (χ3n) is 4.27. The molecule has 0 radical (unpaired) electrons. The van der Waals surface area contributed by atoms with E-state index in [2.05, 4.69) is 21.0 Å². The summed E-state index contributed by atoms with van der Waals surface area (Å²) in [4.78, 5) is 12.7. The monoisotopic (exact) mass is 440 g/mol. The lowest BCUT2D eigenvalue weighted by atomic mass is 9.97. The van der Waals surface area contributed by atoms with Crippen LogP contribution in [-0.2, 0) is 20.9 Å². The molecule has 5 nitrogen and oxygen atoms in total. The van der Waals surface area contributed by atoms with Crippen molar-refractivity contribution in [3.63, 3.8) is 0 Å². The van der Waals surface area contributed by atoms with Gasteiger partial charge in [0.25, 0.3) is 0 Å². The normalized spacial score (nSPS) is 15.1. The van der Waals surface area contributed by atoms with Gasteiger partial charge in [-0.25, -0.2) is 9.80 Å². The number of carbonyl (C=O) groups is 1. The van der Waals surface area contributed by atoms with Crippen molar-refractivity contribution in [3.05, 3.63) is 81.5 Å². The van der Waals surface area contributed by atoms with E-state index in [1.165, 1.54) is 7.11 Å². The number of hydrogen-bond donors (Lipinski definition) is 0. The van der Waals surface area contributed by atoms with Crippen LogP contribution in [-0.4, -0.2) is 24.3 Å². The maximum absolute atomic E-state index is 12.7. The highest BCUT2D eigenvalue weighted by molar-refractivity contribution is 9.10. The Morgan fingerprint density at radius 2 is 1.89 bits per heavy atom. The van der Waals surface area contributed by atoms with Gasteiger partial charge in [-0.1, -0.05) is 52.3 Å². The van der Waals surface area contributed by atoms with Crippen LogP contribution >= 0.6 is 15.9 Å². The SMILES string of the molecule is C/C=N\N1C(C(=O)OC)=C(OCc2ccccc2)c2ccc(Br)cc2/C1=C\C. The molecule has 1 heterocycles. The molecule has 0 bridgehead atoms. The number of ether oxygens (including phenoxy) is 2. The van der Waals surface area contributed by atoms with Crippen molar-refractivity contribution < 1.29 is 14.3 Å². The first-order chi connectivity index (χ1) is 13.6. The average Bonchev–Trinajstić information content (AvgIpc) is 2.72. The maximum Gasteiger partial charge on any atom is 0.360 e. The minimum absolute atomic E-state index is 0.249. The molecule has 6 heteroatoms. The number of benzene rings is 2. The van der Waals surface area contributed by atoms with Gasteiger partial charge in [-0.3, -0.25) is 0 Å². The lowest BCUT2D eigenvalue weighted by molar-refractivity contribution is -0.137. The number of hydrazone groups is 1. The molecule has 0 N–H and O–H groups in total. The molecule has 0 spiro atoms. The number of halogens is 1. The number of allylic oxidation sites excluding steroid dienone is 1. The molecular weight excluding hydrogens is 420 g/mol. The van der Waals surface area contributed by atoms with Gasteiger partial charge in [0.2, 0.25) is 0 Å². The van der Waals surface area contributed by atoms with Crippen LogP contribution < -0.4 is 0 Å². The molecule has 2 aromatic carbocycles. The largest absolute Gasteiger partial charge is 0.486 e. The van der Waals surface area contributed by atoms with Gasteiger partial charge in [-0.05, 0) is 37.6 Å². The van der Waals surface area contributed by atoms with E-state index in [1.54, 1.807) is 18.1 Å².